The maximum absolute atomic E-state index is 11.8. The number of hydrogen-bond acceptors (Lipinski definition) is 2. The topological polar surface area (TPSA) is 38.3 Å². The third-order valence-corrected chi connectivity index (χ3v) is 3.02. The monoisotopic (exact) mass is 295 g/mol. The molecule has 0 atom stereocenters. The molecule has 0 saturated carbocycles. The molecule has 0 aliphatic heterocycles. The molecule has 0 spiro atoms. The van der Waals surface area contributed by atoms with Crippen molar-refractivity contribution in [2.45, 2.75) is 32.6 Å². The molecule has 0 radical (unpaired) electrons. The molecule has 4 heteroatoms. The summed E-state index contributed by atoms with van der Waals surface area (Å²) in [6.45, 7) is 2.72. The molecule has 1 amide bonds. The van der Waals surface area contributed by atoms with Crippen LogP contribution in [0, 0.1) is 0 Å². The maximum atomic E-state index is 11.8. The van der Waals surface area contributed by atoms with Crippen LogP contribution in [0.15, 0.2) is 30.3 Å². The van der Waals surface area contributed by atoms with Gasteiger partial charge in [0, 0.05) is 11.4 Å². The zero-order chi connectivity index (χ0) is 14.6. The summed E-state index contributed by atoms with van der Waals surface area (Å²) in [5.41, 5.74) is 4.06. The normalized spacial score (nSPS) is 10.9. The van der Waals surface area contributed by atoms with Crippen LogP contribution >= 0.6 is 11.6 Å². The maximum Gasteiger partial charge on any atom is 0.274 e. The van der Waals surface area contributed by atoms with Crippen molar-refractivity contribution in [2.75, 3.05) is 12.5 Å². The second-order valence-electron chi connectivity index (χ2n) is 4.52. The van der Waals surface area contributed by atoms with Crippen LogP contribution in [0.1, 0.15) is 48.5 Å². The van der Waals surface area contributed by atoms with Crippen molar-refractivity contribution in [3.8, 4) is 0 Å². The minimum Gasteiger partial charge on any atom is -0.273 e. The zero-order valence-electron chi connectivity index (χ0n) is 11.9. The first kappa shape index (κ1) is 16.7. The lowest BCUT2D eigenvalue weighted by molar-refractivity contribution is 0.0297. The number of amides is 1. The van der Waals surface area contributed by atoms with Crippen molar-refractivity contribution in [3.63, 3.8) is 0 Å². The molecule has 0 aromatic heterocycles. The van der Waals surface area contributed by atoms with Gasteiger partial charge in [-0.3, -0.25) is 9.63 Å². The average molecular weight is 296 g/mol. The Morgan fingerprint density at radius 3 is 2.65 bits per heavy atom. The lowest BCUT2D eigenvalue weighted by Crippen LogP contribution is -2.24. The Balaban J connectivity index is 2.30. The van der Waals surface area contributed by atoms with Gasteiger partial charge in [0.1, 0.15) is 0 Å². The van der Waals surface area contributed by atoms with E-state index < -0.39 is 0 Å². The van der Waals surface area contributed by atoms with Gasteiger partial charge in [0.2, 0.25) is 0 Å². The molecule has 0 saturated heterocycles. The number of halogens is 1. The van der Waals surface area contributed by atoms with Crippen LogP contribution in [-0.2, 0) is 4.84 Å². The summed E-state index contributed by atoms with van der Waals surface area (Å²) < 4.78 is 0. The van der Waals surface area contributed by atoms with Crippen molar-refractivity contribution in [3.05, 3.63) is 41.5 Å². The van der Waals surface area contributed by atoms with E-state index in [1.807, 2.05) is 24.3 Å². The van der Waals surface area contributed by atoms with Gasteiger partial charge < -0.3 is 0 Å². The second kappa shape index (κ2) is 10.5. The molecule has 20 heavy (non-hydrogen) atoms. The molecular formula is C16H22ClNO2. The summed E-state index contributed by atoms with van der Waals surface area (Å²) in [6, 6.07) is 7.28. The van der Waals surface area contributed by atoms with E-state index in [2.05, 4.69) is 12.4 Å². The van der Waals surface area contributed by atoms with Gasteiger partial charge >= 0.3 is 0 Å². The Hall–Kier alpha value is -1.32. The summed E-state index contributed by atoms with van der Waals surface area (Å²) >= 11 is 5.57. The van der Waals surface area contributed by atoms with Gasteiger partial charge in [-0.2, -0.15) is 0 Å². The van der Waals surface area contributed by atoms with Crippen LogP contribution in [0.25, 0.3) is 6.08 Å². The average Bonchev–Trinajstić information content (AvgIpc) is 2.49. The molecule has 0 fully saturated rings. The number of alkyl halides is 1. The second-order valence-corrected chi connectivity index (χ2v) is 4.83. The summed E-state index contributed by atoms with van der Waals surface area (Å²) in [7, 11) is 0. The van der Waals surface area contributed by atoms with Crippen molar-refractivity contribution in [1.82, 2.24) is 5.48 Å². The summed E-state index contributed by atoms with van der Waals surface area (Å²) in [4.78, 5) is 16.9. The van der Waals surface area contributed by atoms with Gasteiger partial charge in [-0.05, 0) is 24.1 Å². The molecule has 1 rings (SSSR count). The molecule has 0 aliphatic rings. The Labute approximate surface area is 125 Å². The van der Waals surface area contributed by atoms with Gasteiger partial charge in [0.15, 0.2) is 0 Å². The zero-order valence-corrected chi connectivity index (χ0v) is 12.7. The molecule has 0 heterocycles. The molecule has 110 valence electrons. The number of allylic oxidation sites excluding steroid dienone is 1. The van der Waals surface area contributed by atoms with Crippen molar-refractivity contribution in [1.29, 1.82) is 0 Å². The number of rotatable bonds is 9. The van der Waals surface area contributed by atoms with E-state index in [0.29, 0.717) is 18.1 Å². The van der Waals surface area contributed by atoms with Gasteiger partial charge in [-0.25, -0.2) is 5.48 Å². The molecule has 0 bridgehead atoms. The Morgan fingerprint density at radius 2 is 2.00 bits per heavy atom. The summed E-state index contributed by atoms with van der Waals surface area (Å²) in [6.07, 6.45) is 8.27. The highest BCUT2D eigenvalue weighted by molar-refractivity contribution is 6.19. The number of carbonyl (C=O) groups excluding carboxylic acids is 1. The SMILES string of the molecule is CCCCCCONC(=O)c1ccc(/C=C/CCl)cc1. The van der Waals surface area contributed by atoms with E-state index in [0.717, 1.165) is 18.4 Å². The highest BCUT2D eigenvalue weighted by atomic mass is 35.5. The first-order valence-electron chi connectivity index (χ1n) is 7.02. The van der Waals surface area contributed by atoms with Crippen LogP contribution in [0.5, 0.6) is 0 Å². The lowest BCUT2D eigenvalue weighted by atomic mass is 10.1. The highest BCUT2D eigenvalue weighted by Crippen LogP contribution is 2.06. The predicted octanol–water partition coefficient (Wildman–Crippen LogP) is 4.18. The Bertz CT molecular complexity index is 415. The summed E-state index contributed by atoms with van der Waals surface area (Å²) in [5.74, 6) is 0.266. The van der Waals surface area contributed by atoms with Crippen LogP contribution in [-0.4, -0.2) is 18.4 Å². The molecule has 0 unspecified atom stereocenters. The molecule has 1 aromatic rings. The first-order chi connectivity index (χ1) is 9.77. The van der Waals surface area contributed by atoms with Gasteiger partial charge in [-0.1, -0.05) is 50.5 Å². The number of carbonyl (C=O) groups is 1. The van der Waals surface area contributed by atoms with Crippen LogP contribution in [0.4, 0.5) is 0 Å². The third kappa shape index (κ3) is 6.73. The standard InChI is InChI=1S/C16H22ClNO2/c1-2-3-4-5-13-20-18-16(19)15-10-8-14(9-11-15)7-6-12-17/h6-11H,2-5,12-13H2,1H3,(H,18,19)/b7-6+. The largest absolute Gasteiger partial charge is 0.274 e. The van der Waals surface area contributed by atoms with Crippen molar-refractivity contribution < 1.29 is 9.63 Å². The van der Waals surface area contributed by atoms with Gasteiger partial charge in [0.25, 0.3) is 5.91 Å². The van der Waals surface area contributed by atoms with E-state index >= 15 is 0 Å². The van der Waals surface area contributed by atoms with Gasteiger partial charge in [-0.15, -0.1) is 11.6 Å². The van der Waals surface area contributed by atoms with Crippen LogP contribution < -0.4 is 5.48 Å². The minimum atomic E-state index is -0.214. The van der Waals surface area contributed by atoms with Crippen molar-refractivity contribution >= 4 is 23.6 Å². The number of nitrogens with one attached hydrogen (secondary N) is 1. The smallest absolute Gasteiger partial charge is 0.273 e. The summed E-state index contributed by atoms with van der Waals surface area (Å²) in [5, 5.41) is 0. The molecule has 0 aliphatic carbocycles. The number of hydroxylamine groups is 1. The quantitative estimate of drug-likeness (QED) is 0.422. The molecular weight excluding hydrogens is 274 g/mol. The lowest BCUT2D eigenvalue weighted by Gasteiger charge is -2.06. The fourth-order valence-electron chi connectivity index (χ4n) is 1.70. The predicted molar refractivity (Wildman–Crippen MR) is 83.8 cm³/mol. The Morgan fingerprint density at radius 1 is 1.25 bits per heavy atom. The Kier molecular flexibility index (Phi) is 8.76. The van der Waals surface area contributed by atoms with E-state index in [-0.39, 0.29) is 5.91 Å². The third-order valence-electron chi connectivity index (χ3n) is 2.84. The first-order valence-corrected chi connectivity index (χ1v) is 7.56. The molecule has 3 nitrogen and oxygen atoms in total. The van der Waals surface area contributed by atoms with E-state index in [4.69, 9.17) is 16.4 Å². The van der Waals surface area contributed by atoms with Crippen molar-refractivity contribution in [2.24, 2.45) is 0 Å². The molecule has 1 N–H and O–H groups in total. The minimum absolute atomic E-state index is 0.214. The van der Waals surface area contributed by atoms with E-state index in [1.54, 1.807) is 12.1 Å². The van der Waals surface area contributed by atoms with Crippen LogP contribution in [0.2, 0.25) is 0 Å². The van der Waals surface area contributed by atoms with E-state index in [1.165, 1.54) is 12.8 Å². The van der Waals surface area contributed by atoms with Crippen LogP contribution in [0.3, 0.4) is 0 Å². The number of benzene rings is 1. The van der Waals surface area contributed by atoms with Gasteiger partial charge in [0.05, 0.1) is 6.61 Å². The highest BCUT2D eigenvalue weighted by Gasteiger charge is 2.04. The number of unbranched alkanes of at least 4 members (excludes halogenated alkanes) is 3. The fraction of sp³-hybridized carbons (Fsp3) is 0.438. The molecule has 1 aromatic carbocycles. The fourth-order valence-corrected chi connectivity index (χ4v) is 1.79. The van der Waals surface area contributed by atoms with E-state index in [9.17, 15) is 4.79 Å². The number of hydrogen-bond donors (Lipinski definition) is 1.